The van der Waals surface area contributed by atoms with Crippen molar-refractivity contribution >= 4 is 21.6 Å². The fourth-order valence-corrected chi connectivity index (χ4v) is 2.92. The van der Waals surface area contributed by atoms with E-state index in [0.717, 1.165) is 6.26 Å². The first kappa shape index (κ1) is 15.6. The van der Waals surface area contributed by atoms with Crippen LogP contribution in [0.1, 0.15) is 0 Å². The third-order valence-electron chi connectivity index (χ3n) is 3.35. The Morgan fingerprint density at radius 1 is 1.29 bits per heavy atom. The molecule has 0 spiro atoms. The number of carbonyl (C=O) groups excluding carboxylic acids is 1. The van der Waals surface area contributed by atoms with Crippen LogP contribution in [-0.2, 0) is 14.8 Å². The Morgan fingerprint density at radius 2 is 1.95 bits per heavy atom. The quantitative estimate of drug-likeness (QED) is 0.857. The summed E-state index contributed by atoms with van der Waals surface area (Å²) >= 11 is 0. The van der Waals surface area contributed by atoms with Gasteiger partial charge in [-0.1, -0.05) is 0 Å². The highest BCUT2D eigenvalue weighted by Gasteiger charge is 2.37. The number of hydrogen-bond donors (Lipinski definition) is 1. The minimum absolute atomic E-state index is 0.205. The van der Waals surface area contributed by atoms with E-state index in [2.05, 4.69) is 5.32 Å². The van der Waals surface area contributed by atoms with Crippen molar-refractivity contribution in [2.45, 2.75) is 0 Å². The molecule has 1 amide bonds. The lowest BCUT2D eigenvalue weighted by molar-refractivity contribution is -0.122. The number of nitrogens with one attached hydrogen (secondary N) is 1. The number of rotatable bonds is 5. The number of sulfonamides is 1. The van der Waals surface area contributed by atoms with E-state index in [0.29, 0.717) is 17.2 Å². The van der Waals surface area contributed by atoms with Gasteiger partial charge in [-0.3, -0.25) is 4.79 Å². The summed E-state index contributed by atoms with van der Waals surface area (Å²) in [5.74, 6) is 0.526. The van der Waals surface area contributed by atoms with Crippen LogP contribution < -0.4 is 14.8 Å². The summed E-state index contributed by atoms with van der Waals surface area (Å²) in [7, 11) is -0.183. The molecule has 0 aliphatic carbocycles. The van der Waals surface area contributed by atoms with Crippen molar-refractivity contribution in [3.63, 3.8) is 0 Å². The van der Waals surface area contributed by atoms with Crippen LogP contribution in [0.25, 0.3) is 0 Å². The highest BCUT2D eigenvalue weighted by atomic mass is 32.2. The van der Waals surface area contributed by atoms with Crippen LogP contribution in [0, 0.1) is 5.92 Å². The van der Waals surface area contributed by atoms with Gasteiger partial charge in [-0.2, -0.15) is 0 Å². The molecule has 1 saturated heterocycles. The molecule has 8 heteroatoms. The number of carbonyl (C=O) groups is 1. The first-order valence-corrected chi connectivity index (χ1v) is 8.18. The van der Waals surface area contributed by atoms with Gasteiger partial charge in [0.15, 0.2) is 0 Å². The molecule has 1 aromatic rings. The largest absolute Gasteiger partial charge is 0.497 e. The Labute approximate surface area is 123 Å². The number of anilines is 1. The van der Waals surface area contributed by atoms with Gasteiger partial charge >= 0.3 is 0 Å². The molecular weight excluding hydrogens is 296 g/mol. The van der Waals surface area contributed by atoms with Gasteiger partial charge in [0.1, 0.15) is 11.5 Å². The zero-order valence-electron chi connectivity index (χ0n) is 12.1. The van der Waals surface area contributed by atoms with Crippen molar-refractivity contribution < 1.29 is 22.7 Å². The lowest BCUT2D eigenvalue weighted by Gasteiger charge is -2.36. The number of nitrogens with zero attached hydrogens (tertiary/aromatic N) is 1. The van der Waals surface area contributed by atoms with Crippen molar-refractivity contribution in [3.05, 3.63) is 18.2 Å². The number of ether oxygens (including phenoxy) is 2. The Morgan fingerprint density at radius 3 is 2.48 bits per heavy atom. The monoisotopic (exact) mass is 314 g/mol. The minimum atomic E-state index is -3.22. The third kappa shape index (κ3) is 3.45. The molecule has 116 valence electrons. The van der Waals surface area contributed by atoms with E-state index >= 15 is 0 Å². The molecule has 1 heterocycles. The van der Waals surface area contributed by atoms with E-state index in [1.165, 1.54) is 18.5 Å². The average molecular weight is 314 g/mol. The van der Waals surface area contributed by atoms with Crippen LogP contribution in [0.4, 0.5) is 5.69 Å². The predicted molar refractivity (Wildman–Crippen MR) is 78.1 cm³/mol. The van der Waals surface area contributed by atoms with E-state index in [1.807, 2.05) is 0 Å². The van der Waals surface area contributed by atoms with Crippen molar-refractivity contribution in [2.75, 3.05) is 38.9 Å². The maximum Gasteiger partial charge on any atom is 0.230 e. The molecule has 0 atom stereocenters. The molecule has 0 radical (unpaired) electrons. The van der Waals surface area contributed by atoms with E-state index in [1.54, 1.807) is 18.2 Å². The molecule has 0 aromatic heterocycles. The van der Waals surface area contributed by atoms with Crippen molar-refractivity contribution in [1.29, 1.82) is 0 Å². The predicted octanol–water partition coefficient (Wildman–Crippen LogP) is 0.534. The molecule has 1 fully saturated rings. The number of methoxy groups -OCH3 is 2. The summed E-state index contributed by atoms with van der Waals surface area (Å²) in [6, 6.07) is 5.07. The molecular formula is C13H18N2O5S. The molecule has 0 unspecified atom stereocenters. The second-order valence-corrected chi connectivity index (χ2v) is 6.81. The lowest BCUT2D eigenvalue weighted by Crippen LogP contribution is -2.53. The normalized spacial score (nSPS) is 16.1. The minimum Gasteiger partial charge on any atom is -0.497 e. The summed E-state index contributed by atoms with van der Waals surface area (Å²) in [6.07, 6.45) is 1.13. The number of amides is 1. The number of hydrogen-bond acceptors (Lipinski definition) is 5. The molecule has 1 aliphatic rings. The summed E-state index contributed by atoms with van der Waals surface area (Å²) in [6.45, 7) is 0.411. The van der Waals surface area contributed by atoms with Gasteiger partial charge < -0.3 is 14.8 Å². The van der Waals surface area contributed by atoms with Gasteiger partial charge in [0, 0.05) is 19.2 Å². The summed E-state index contributed by atoms with van der Waals surface area (Å²) in [4.78, 5) is 12.1. The summed E-state index contributed by atoms with van der Waals surface area (Å²) < 4.78 is 34.1. The molecule has 0 saturated carbocycles. The molecule has 1 aliphatic heterocycles. The Hall–Kier alpha value is -1.80. The van der Waals surface area contributed by atoms with Crippen LogP contribution in [0.15, 0.2) is 18.2 Å². The van der Waals surface area contributed by atoms with E-state index in [9.17, 15) is 13.2 Å². The highest BCUT2D eigenvalue weighted by Crippen LogP contribution is 2.30. The number of benzene rings is 1. The Bertz CT molecular complexity index is 638. The Balaban J connectivity index is 2.04. The van der Waals surface area contributed by atoms with Gasteiger partial charge in [0.2, 0.25) is 15.9 Å². The van der Waals surface area contributed by atoms with Gasteiger partial charge in [-0.05, 0) is 12.1 Å². The molecule has 0 bridgehead atoms. The van der Waals surface area contributed by atoms with Crippen LogP contribution in [0.5, 0.6) is 11.5 Å². The first-order valence-electron chi connectivity index (χ1n) is 6.33. The average Bonchev–Trinajstić information content (AvgIpc) is 2.35. The van der Waals surface area contributed by atoms with Crippen LogP contribution >= 0.6 is 0 Å². The standard InChI is InChI=1S/C13H18N2O5S/c1-19-10-4-5-12(20-2)11(6-10)14-13(16)9-7-15(8-9)21(3,17)18/h4-6,9H,7-8H2,1-3H3,(H,14,16). The Kier molecular flexibility index (Phi) is 4.38. The second-order valence-electron chi connectivity index (χ2n) is 4.83. The second kappa shape index (κ2) is 5.90. The van der Waals surface area contributed by atoms with Crippen molar-refractivity contribution in [3.8, 4) is 11.5 Å². The zero-order valence-corrected chi connectivity index (χ0v) is 12.9. The van der Waals surface area contributed by atoms with Crippen molar-refractivity contribution in [1.82, 2.24) is 4.31 Å². The van der Waals surface area contributed by atoms with Crippen LogP contribution in [0.2, 0.25) is 0 Å². The smallest absolute Gasteiger partial charge is 0.230 e. The van der Waals surface area contributed by atoms with Gasteiger partial charge in [0.25, 0.3) is 0 Å². The first-order chi connectivity index (χ1) is 9.85. The van der Waals surface area contributed by atoms with Crippen molar-refractivity contribution in [2.24, 2.45) is 5.92 Å². The molecule has 1 N–H and O–H groups in total. The fraction of sp³-hybridized carbons (Fsp3) is 0.462. The van der Waals surface area contributed by atoms with E-state index in [-0.39, 0.29) is 24.9 Å². The van der Waals surface area contributed by atoms with E-state index < -0.39 is 10.0 Å². The van der Waals surface area contributed by atoms with Crippen LogP contribution in [-0.4, -0.2) is 52.2 Å². The van der Waals surface area contributed by atoms with E-state index in [4.69, 9.17) is 9.47 Å². The fourth-order valence-electron chi connectivity index (χ4n) is 2.02. The van der Waals surface area contributed by atoms with Gasteiger partial charge in [-0.15, -0.1) is 0 Å². The third-order valence-corrected chi connectivity index (χ3v) is 4.59. The topological polar surface area (TPSA) is 84.9 Å². The van der Waals surface area contributed by atoms with Crippen LogP contribution in [0.3, 0.4) is 0 Å². The molecule has 7 nitrogen and oxygen atoms in total. The SMILES string of the molecule is COc1ccc(OC)c(NC(=O)C2CN(S(C)(=O)=O)C2)c1. The van der Waals surface area contributed by atoms with Gasteiger partial charge in [-0.25, -0.2) is 12.7 Å². The highest BCUT2D eigenvalue weighted by molar-refractivity contribution is 7.88. The molecule has 21 heavy (non-hydrogen) atoms. The summed E-state index contributed by atoms with van der Waals surface area (Å²) in [5, 5.41) is 2.74. The summed E-state index contributed by atoms with van der Waals surface area (Å²) in [5.41, 5.74) is 0.500. The maximum absolute atomic E-state index is 12.1. The lowest BCUT2D eigenvalue weighted by atomic mass is 10.0. The molecule has 1 aromatic carbocycles. The molecule has 2 rings (SSSR count). The zero-order chi connectivity index (χ0) is 15.6. The van der Waals surface area contributed by atoms with Gasteiger partial charge in [0.05, 0.1) is 32.1 Å². The maximum atomic E-state index is 12.1.